The Labute approximate surface area is 93.2 Å². The SMILES string of the molecule is CON(C)C(=O)Cc1cccc2cncn12. The van der Waals surface area contributed by atoms with E-state index >= 15 is 0 Å². The van der Waals surface area contributed by atoms with Gasteiger partial charge in [0.1, 0.15) is 0 Å². The van der Waals surface area contributed by atoms with Gasteiger partial charge in [0.05, 0.1) is 31.6 Å². The number of rotatable bonds is 3. The van der Waals surface area contributed by atoms with E-state index in [1.54, 1.807) is 19.6 Å². The first-order valence-electron chi connectivity index (χ1n) is 4.93. The van der Waals surface area contributed by atoms with Gasteiger partial charge in [-0.25, -0.2) is 10.0 Å². The molecule has 0 unspecified atom stereocenters. The van der Waals surface area contributed by atoms with Crippen molar-refractivity contribution >= 4 is 11.4 Å². The number of hydroxylamine groups is 2. The number of amides is 1. The Morgan fingerprint density at radius 2 is 2.38 bits per heavy atom. The van der Waals surface area contributed by atoms with Gasteiger partial charge in [-0.2, -0.15) is 0 Å². The van der Waals surface area contributed by atoms with Gasteiger partial charge in [0, 0.05) is 12.7 Å². The quantitative estimate of drug-likeness (QED) is 0.720. The molecule has 0 aromatic carbocycles. The molecule has 5 heteroatoms. The molecule has 0 N–H and O–H groups in total. The van der Waals surface area contributed by atoms with Crippen LogP contribution in [0.5, 0.6) is 0 Å². The Kier molecular flexibility index (Phi) is 2.87. The third-order valence-electron chi connectivity index (χ3n) is 2.49. The van der Waals surface area contributed by atoms with E-state index in [0.717, 1.165) is 11.2 Å². The van der Waals surface area contributed by atoms with Gasteiger partial charge in [-0.3, -0.25) is 9.63 Å². The first-order valence-corrected chi connectivity index (χ1v) is 4.93. The highest BCUT2D eigenvalue weighted by Crippen LogP contribution is 2.08. The highest BCUT2D eigenvalue weighted by Gasteiger charge is 2.10. The van der Waals surface area contributed by atoms with Crippen molar-refractivity contribution in [2.75, 3.05) is 14.2 Å². The van der Waals surface area contributed by atoms with Crippen LogP contribution in [-0.2, 0) is 16.1 Å². The van der Waals surface area contributed by atoms with E-state index in [-0.39, 0.29) is 12.3 Å². The summed E-state index contributed by atoms with van der Waals surface area (Å²) in [6.45, 7) is 0. The van der Waals surface area contributed by atoms with Crippen molar-refractivity contribution in [3.05, 3.63) is 36.4 Å². The lowest BCUT2D eigenvalue weighted by Crippen LogP contribution is -2.27. The van der Waals surface area contributed by atoms with Gasteiger partial charge in [-0.1, -0.05) is 6.07 Å². The van der Waals surface area contributed by atoms with Gasteiger partial charge < -0.3 is 4.40 Å². The number of nitrogens with zero attached hydrogens (tertiary/aromatic N) is 3. The third kappa shape index (κ3) is 1.90. The first kappa shape index (κ1) is 10.6. The molecule has 0 atom stereocenters. The topological polar surface area (TPSA) is 46.8 Å². The molecule has 16 heavy (non-hydrogen) atoms. The fourth-order valence-corrected chi connectivity index (χ4v) is 1.52. The molecule has 2 heterocycles. The largest absolute Gasteiger partial charge is 0.303 e. The van der Waals surface area contributed by atoms with Crippen LogP contribution in [0.15, 0.2) is 30.7 Å². The molecule has 0 saturated carbocycles. The number of hydrogen-bond acceptors (Lipinski definition) is 3. The molecule has 0 bridgehead atoms. The highest BCUT2D eigenvalue weighted by molar-refractivity contribution is 5.77. The predicted molar refractivity (Wildman–Crippen MR) is 58.7 cm³/mol. The van der Waals surface area contributed by atoms with E-state index < -0.39 is 0 Å². The summed E-state index contributed by atoms with van der Waals surface area (Å²) < 4.78 is 1.89. The van der Waals surface area contributed by atoms with Crippen LogP contribution in [0.3, 0.4) is 0 Å². The Balaban J connectivity index is 2.27. The van der Waals surface area contributed by atoms with Crippen molar-refractivity contribution in [2.45, 2.75) is 6.42 Å². The second-order valence-corrected chi connectivity index (χ2v) is 3.46. The molecule has 2 aromatic heterocycles. The highest BCUT2D eigenvalue weighted by atomic mass is 16.7. The molecule has 0 aliphatic heterocycles. The molecule has 2 aromatic rings. The summed E-state index contributed by atoms with van der Waals surface area (Å²) in [6.07, 6.45) is 3.75. The third-order valence-corrected chi connectivity index (χ3v) is 2.49. The van der Waals surface area contributed by atoms with Gasteiger partial charge in [0.25, 0.3) is 5.91 Å². The van der Waals surface area contributed by atoms with Crippen molar-refractivity contribution < 1.29 is 9.63 Å². The summed E-state index contributed by atoms with van der Waals surface area (Å²) in [5.41, 5.74) is 1.87. The molecular formula is C11H13N3O2. The van der Waals surface area contributed by atoms with E-state index in [0.29, 0.717) is 0 Å². The zero-order valence-electron chi connectivity index (χ0n) is 9.25. The molecule has 0 radical (unpaired) electrons. The molecule has 84 valence electrons. The van der Waals surface area contributed by atoms with E-state index in [2.05, 4.69) is 4.98 Å². The van der Waals surface area contributed by atoms with Gasteiger partial charge in [-0.05, 0) is 12.1 Å². The Morgan fingerprint density at radius 3 is 3.12 bits per heavy atom. The summed E-state index contributed by atoms with van der Waals surface area (Å²) in [5.74, 6) is -0.0938. The maximum atomic E-state index is 11.7. The van der Waals surface area contributed by atoms with Crippen molar-refractivity contribution in [1.29, 1.82) is 0 Å². The van der Waals surface area contributed by atoms with E-state index in [9.17, 15) is 4.79 Å². The van der Waals surface area contributed by atoms with Crippen LogP contribution in [0.4, 0.5) is 0 Å². The minimum absolute atomic E-state index is 0.0938. The zero-order valence-corrected chi connectivity index (χ0v) is 9.25. The summed E-state index contributed by atoms with van der Waals surface area (Å²) in [5, 5.41) is 1.22. The van der Waals surface area contributed by atoms with Gasteiger partial charge in [0.2, 0.25) is 0 Å². The van der Waals surface area contributed by atoms with Crippen molar-refractivity contribution in [3.8, 4) is 0 Å². The number of pyridine rings is 1. The summed E-state index contributed by atoms with van der Waals surface area (Å²) in [7, 11) is 3.06. The molecular weight excluding hydrogens is 206 g/mol. The number of carbonyl (C=O) groups excluding carboxylic acids is 1. The van der Waals surface area contributed by atoms with E-state index in [4.69, 9.17) is 4.84 Å². The Bertz CT molecular complexity index is 507. The maximum absolute atomic E-state index is 11.7. The number of carbonyl (C=O) groups is 1. The smallest absolute Gasteiger partial charge is 0.251 e. The number of imidazole rings is 1. The molecule has 0 aliphatic carbocycles. The Hall–Kier alpha value is -1.88. The van der Waals surface area contributed by atoms with Crippen LogP contribution < -0.4 is 0 Å². The van der Waals surface area contributed by atoms with Crippen LogP contribution in [0, 0.1) is 0 Å². The van der Waals surface area contributed by atoms with Gasteiger partial charge in [-0.15, -0.1) is 0 Å². The van der Waals surface area contributed by atoms with Crippen molar-refractivity contribution in [2.24, 2.45) is 0 Å². The molecule has 5 nitrogen and oxygen atoms in total. The molecule has 1 amide bonds. The maximum Gasteiger partial charge on any atom is 0.251 e. The number of fused-ring (bicyclic) bond motifs is 1. The fourth-order valence-electron chi connectivity index (χ4n) is 1.52. The van der Waals surface area contributed by atoms with Crippen LogP contribution in [-0.4, -0.2) is 34.5 Å². The average Bonchev–Trinajstić information content (AvgIpc) is 2.77. The summed E-state index contributed by atoms with van der Waals surface area (Å²) in [4.78, 5) is 20.6. The van der Waals surface area contributed by atoms with Crippen LogP contribution >= 0.6 is 0 Å². The lowest BCUT2D eigenvalue weighted by molar-refractivity contribution is -0.167. The molecule has 2 rings (SSSR count). The first-order chi connectivity index (χ1) is 7.72. The fraction of sp³-hybridized carbons (Fsp3) is 0.273. The number of hydrogen-bond donors (Lipinski definition) is 0. The average molecular weight is 219 g/mol. The molecule has 0 spiro atoms. The van der Waals surface area contributed by atoms with Crippen LogP contribution in [0.25, 0.3) is 5.52 Å². The van der Waals surface area contributed by atoms with Gasteiger partial charge in [0.15, 0.2) is 0 Å². The molecule has 0 saturated heterocycles. The minimum atomic E-state index is -0.0938. The van der Waals surface area contributed by atoms with Crippen molar-refractivity contribution in [3.63, 3.8) is 0 Å². The normalized spacial score (nSPS) is 10.6. The zero-order chi connectivity index (χ0) is 11.5. The van der Waals surface area contributed by atoms with Crippen LogP contribution in [0.1, 0.15) is 5.69 Å². The van der Waals surface area contributed by atoms with Gasteiger partial charge >= 0.3 is 0 Å². The molecule has 0 fully saturated rings. The molecule has 0 aliphatic rings. The van der Waals surface area contributed by atoms with E-state index in [1.165, 1.54) is 12.2 Å². The van der Waals surface area contributed by atoms with Crippen molar-refractivity contribution in [1.82, 2.24) is 14.4 Å². The summed E-state index contributed by atoms with van der Waals surface area (Å²) >= 11 is 0. The minimum Gasteiger partial charge on any atom is -0.303 e. The van der Waals surface area contributed by atoms with E-state index in [1.807, 2.05) is 22.6 Å². The lowest BCUT2D eigenvalue weighted by atomic mass is 10.2. The Morgan fingerprint density at radius 1 is 1.56 bits per heavy atom. The predicted octanol–water partition coefficient (Wildman–Crippen LogP) is 0.897. The second-order valence-electron chi connectivity index (χ2n) is 3.46. The van der Waals surface area contributed by atoms with Crippen LogP contribution in [0.2, 0.25) is 0 Å². The standard InChI is InChI=1S/C11H13N3O2/c1-13(16-2)11(15)6-9-4-3-5-10-7-12-8-14(9)10/h3-5,7-8H,6H2,1-2H3. The monoisotopic (exact) mass is 219 g/mol. The number of aromatic nitrogens is 2. The summed E-state index contributed by atoms with van der Waals surface area (Å²) in [6, 6.07) is 5.75. The number of likely N-dealkylation sites (N-methyl/N-ethyl adjacent to an activating group) is 1. The second kappa shape index (κ2) is 4.32. The lowest BCUT2D eigenvalue weighted by Gasteiger charge is -2.14.